The summed E-state index contributed by atoms with van der Waals surface area (Å²) in [6, 6.07) is 9.16. The highest BCUT2D eigenvalue weighted by molar-refractivity contribution is 5.94. The molecule has 8 heteroatoms. The molecule has 0 radical (unpaired) electrons. The third kappa shape index (κ3) is 3.83. The molecule has 0 bridgehead atoms. The Labute approximate surface area is 186 Å². The fraction of sp³-hybridized carbons (Fsp3) is 0.333. The molecule has 0 aliphatic carbocycles. The van der Waals surface area contributed by atoms with Gasteiger partial charge in [0.15, 0.2) is 0 Å². The quantitative estimate of drug-likeness (QED) is 0.700. The molecule has 2 heterocycles. The van der Waals surface area contributed by atoms with Crippen molar-refractivity contribution in [2.75, 3.05) is 25.2 Å². The standard InChI is InChI=1S/C24H24N4O4/c1-5-32-23-21-20(17-8-7-16(12-26)11-18(17)31-4)19(24(29)30)15(3)28(10-6-9-25)22(21)14(2)13-27-23/h7-8,11,13,20H,5-6,10H2,1-4H3,(H,29,30)/t20-/m1/s1. The van der Waals surface area contributed by atoms with Crippen LogP contribution in [0, 0.1) is 29.6 Å². The van der Waals surface area contributed by atoms with Crippen molar-refractivity contribution in [3.8, 4) is 23.8 Å². The molecule has 0 saturated carbocycles. The number of carboxylic acids is 1. The van der Waals surface area contributed by atoms with Crippen LogP contribution in [-0.4, -0.2) is 36.3 Å². The van der Waals surface area contributed by atoms with Crippen molar-refractivity contribution in [1.29, 1.82) is 10.5 Å². The van der Waals surface area contributed by atoms with Gasteiger partial charge < -0.3 is 19.5 Å². The minimum atomic E-state index is -1.09. The summed E-state index contributed by atoms with van der Waals surface area (Å²) >= 11 is 0. The van der Waals surface area contributed by atoms with E-state index >= 15 is 0 Å². The molecule has 1 aliphatic rings. The zero-order valence-electron chi connectivity index (χ0n) is 18.5. The number of nitrogens with zero attached hydrogens (tertiary/aromatic N) is 4. The number of nitriles is 2. The molecule has 0 unspecified atom stereocenters. The second kappa shape index (κ2) is 9.40. The van der Waals surface area contributed by atoms with Crippen LogP contribution in [-0.2, 0) is 4.79 Å². The molecular weight excluding hydrogens is 408 g/mol. The smallest absolute Gasteiger partial charge is 0.334 e. The van der Waals surface area contributed by atoms with Crippen LogP contribution < -0.4 is 14.4 Å². The SMILES string of the molecule is CCOc1ncc(C)c2c1[C@H](c1ccc(C#N)cc1OC)C(C(=O)O)=C(C)N2CCC#N. The van der Waals surface area contributed by atoms with Gasteiger partial charge in [0, 0.05) is 24.0 Å². The van der Waals surface area contributed by atoms with Crippen LogP contribution in [0.3, 0.4) is 0 Å². The molecule has 2 aromatic rings. The Bertz CT molecular complexity index is 1170. The predicted octanol–water partition coefficient (Wildman–Crippen LogP) is 3.89. The molecule has 1 N–H and O–H groups in total. The number of allylic oxidation sites excluding steroid dienone is 1. The van der Waals surface area contributed by atoms with Crippen molar-refractivity contribution in [2.24, 2.45) is 0 Å². The number of aromatic nitrogens is 1. The summed E-state index contributed by atoms with van der Waals surface area (Å²) < 4.78 is 11.4. The van der Waals surface area contributed by atoms with Crippen LogP contribution in [0.15, 0.2) is 35.7 Å². The monoisotopic (exact) mass is 432 g/mol. The van der Waals surface area contributed by atoms with Crippen molar-refractivity contribution < 1.29 is 19.4 Å². The number of carbonyl (C=O) groups is 1. The van der Waals surface area contributed by atoms with Gasteiger partial charge in [-0.2, -0.15) is 10.5 Å². The van der Waals surface area contributed by atoms with Gasteiger partial charge in [-0.05, 0) is 38.5 Å². The summed E-state index contributed by atoms with van der Waals surface area (Å²) in [7, 11) is 1.48. The van der Waals surface area contributed by atoms with Crippen molar-refractivity contribution in [2.45, 2.75) is 33.1 Å². The first-order valence-corrected chi connectivity index (χ1v) is 10.2. The topological polar surface area (TPSA) is 119 Å². The number of hydrogen-bond donors (Lipinski definition) is 1. The molecule has 1 atom stereocenters. The fourth-order valence-electron chi connectivity index (χ4n) is 4.19. The Morgan fingerprint density at radius 2 is 2.06 bits per heavy atom. The molecule has 3 rings (SSSR count). The van der Waals surface area contributed by atoms with Crippen molar-refractivity contribution in [1.82, 2.24) is 4.98 Å². The van der Waals surface area contributed by atoms with E-state index < -0.39 is 11.9 Å². The van der Waals surface area contributed by atoms with Gasteiger partial charge in [0.1, 0.15) is 5.75 Å². The Hall–Kier alpha value is -4.04. The molecule has 1 aromatic carbocycles. The van der Waals surface area contributed by atoms with E-state index in [-0.39, 0.29) is 12.0 Å². The highest BCUT2D eigenvalue weighted by Crippen LogP contribution is 2.51. The summed E-state index contributed by atoms with van der Waals surface area (Å²) in [6.07, 6.45) is 1.91. The number of hydrogen-bond acceptors (Lipinski definition) is 7. The average molecular weight is 432 g/mol. The lowest BCUT2D eigenvalue weighted by Gasteiger charge is -2.38. The van der Waals surface area contributed by atoms with Crippen LogP contribution in [0.5, 0.6) is 11.6 Å². The third-order valence-electron chi connectivity index (χ3n) is 5.51. The largest absolute Gasteiger partial charge is 0.496 e. The van der Waals surface area contributed by atoms with E-state index in [9.17, 15) is 20.4 Å². The number of carboxylic acid groups (broad SMARTS) is 1. The Morgan fingerprint density at radius 1 is 1.31 bits per heavy atom. The van der Waals surface area contributed by atoms with Crippen molar-refractivity contribution >= 4 is 11.7 Å². The third-order valence-corrected chi connectivity index (χ3v) is 5.51. The number of aliphatic carboxylic acids is 1. The van der Waals surface area contributed by atoms with Crippen molar-refractivity contribution in [3.63, 3.8) is 0 Å². The number of pyridine rings is 1. The minimum absolute atomic E-state index is 0.145. The maximum atomic E-state index is 12.6. The lowest BCUT2D eigenvalue weighted by Crippen LogP contribution is -2.34. The zero-order chi connectivity index (χ0) is 23.4. The van der Waals surface area contributed by atoms with Gasteiger partial charge >= 0.3 is 5.97 Å². The number of methoxy groups -OCH3 is 1. The number of fused-ring (bicyclic) bond motifs is 1. The molecule has 8 nitrogen and oxygen atoms in total. The van der Waals surface area contributed by atoms with E-state index in [1.165, 1.54) is 7.11 Å². The highest BCUT2D eigenvalue weighted by Gasteiger charge is 2.40. The Morgan fingerprint density at radius 3 is 2.66 bits per heavy atom. The summed E-state index contributed by atoms with van der Waals surface area (Å²) in [4.78, 5) is 18.9. The van der Waals surface area contributed by atoms with Gasteiger partial charge in [0.05, 0.1) is 60.6 Å². The fourth-order valence-corrected chi connectivity index (χ4v) is 4.19. The Kier molecular flexibility index (Phi) is 6.65. The average Bonchev–Trinajstić information content (AvgIpc) is 2.79. The number of rotatable bonds is 7. The second-order valence-corrected chi connectivity index (χ2v) is 7.31. The summed E-state index contributed by atoms with van der Waals surface area (Å²) in [5, 5.41) is 28.7. The molecule has 0 fully saturated rings. The molecular formula is C24H24N4O4. The normalized spacial score (nSPS) is 14.9. The van der Waals surface area contributed by atoms with Crippen LogP contribution in [0.25, 0.3) is 0 Å². The summed E-state index contributed by atoms with van der Waals surface area (Å²) in [6.45, 7) is 6.16. The first-order chi connectivity index (χ1) is 15.4. The summed E-state index contributed by atoms with van der Waals surface area (Å²) in [5.74, 6) is -1.09. The minimum Gasteiger partial charge on any atom is -0.496 e. The molecule has 0 saturated heterocycles. The summed E-state index contributed by atoms with van der Waals surface area (Å²) in [5.41, 5.74) is 3.90. The van der Waals surface area contributed by atoms with E-state index in [1.807, 2.05) is 18.7 Å². The van der Waals surface area contributed by atoms with E-state index in [2.05, 4.69) is 17.1 Å². The van der Waals surface area contributed by atoms with Crippen LogP contribution in [0.4, 0.5) is 5.69 Å². The number of anilines is 1. The molecule has 0 amide bonds. The first-order valence-electron chi connectivity index (χ1n) is 10.2. The van der Waals surface area contributed by atoms with Crippen molar-refractivity contribution in [3.05, 3.63) is 57.9 Å². The van der Waals surface area contributed by atoms with Gasteiger partial charge in [-0.25, -0.2) is 9.78 Å². The van der Waals surface area contributed by atoms with Crippen LogP contribution in [0.1, 0.15) is 48.4 Å². The van der Waals surface area contributed by atoms with Gasteiger partial charge in [-0.15, -0.1) is 0 Å². The second-order valence-electron chi connectivity index (χ2n) is 7.31. The van der Waals surface area contributed by atoms with E-state index in [0.717, 1.165) is 11.3 Å². The lowest BCUT2D eigenvalue weighted by molar-refractivity contribution is -0.133. The van der Waals surface area contributed by atoms with Crippen LogP contribution >= 0.6 is 0 Å². The maximum absolute atomic E-state index is 12.6. The van der Waals surface area contributed by atoms with E-state index in [4.69, 9.17) is 9.47 Å². The molecule has 0 spiro atoms. The van der Waals surface area contributed by atoms with Crippen LogP contribution in [0.2, 0.25) is 0 Å². The van der Waals surface area contributed by atoms with E-state index in [1.54, 1.807) is 31.3 Å². The number of aryl methyl sites for hydroxylation is 1. The molecule has 1 aliphatic heterocycles. The predicted molar refractivity (Wildman–Crippen MR) is 118 cm³/mol. The molecule has 32 heavy (non-hydrogen) atoms. The Balaban J connectivity index is 2.43. The molecule has 1 aromatic heterocycles. The number of benzene rings is 1. The van der Waals surface area contributed by atoms with E-state index in [0.29, 0.717) is 47.2 Å². The van der Waals surface area contributed by atoms with Gasteiger partial charge in [-0.1, -0.05) is 6.07 Å². The maximum Gasteiger partial charge on any atom is 0.334 e. The van der Waals surface area contributed by atoms with Gasteiger partial charge in [0.2, 0.25) is 5.88 Å². The van der Waals surface area contributed by atoms with Gasteiger partial charge in [0.25, 0.3) is 0 Å². The van der Waals surface area contributed by atoms with Gasteiger partial charge in [-0.3, -0.25) is 0 Å². The number of ether oxygens (including phenoxy) is 2. The lowest BCUT2D eigenvalue weighted by atomic mass is 9.79. The zero-order valence-corrected chi connectivity index (χ0v) is 18.5. The first kappa shape index (κ1) is 22.6. The highest BCUT2D eigenvalue weighted by atomic mass is 16.5. The molecule has 164 valence electrons.